The molecule has 9 nitrogen and oxygen atoms in total. The molecule has 0 aliphatic rings. The zero-order chi connectivity index (χ0) is 23.1. The monoisotopic (exact) mass is 450 g/mol. The fraction of sp³-hybridized carbons (Fsp3) is 0.160. The lowest BCUT2D eigenvalue weighted by molar-refractivity contribution is 0.568. The van der Waals surface area contributed by atoms with Gasteiger partial charge < -0.3 is 14.7 Å². The summed E-state index contributed by atoms with van der Waals surface area (Å²) in [5, 5.41) is 9.06. The first kappa shape index (κ1) is 20.3. The van der Waals surface area contributed by atoms with Gasteiger partial charge in [-0.3, -0.25) is 19.6 Å². The second kappa shape index (κ2) is 8.20. The molecule has 0 radical (unpaired) electrons. The number of aromatic nitrogens is 7. The Labute approximate surface area is 194 Å². The maximum absolute atomic E-state index is 5.26. The van der Waals surface area contributed by atoms with E-state index < -0.39 is 0 Å². The number of hydrogen-bond acceptors (Lipinski definition) is 7. The van der Waals surface area contributed by atoms with Crippen LogP contribution < -0.4 is 5.32 Å². The number of furan rings is 1. The van der Waals surface area contributed by atoms with Crippen LogP contribution >= 0.6 is 0 Å². The standard InChI is InChI=1S/C25H22N8O/c1-3-26-8-15-6-17(10-27-9-15)20-7-18-22(13-29-20)33(2)32-24(18)25-30-21-12-28-11-19(23(21)31-25)16-4-5-34-14-16/h4-7,9-14,26H,3,8H2,1-2H3,(H,30,31). The summed E-state index contributed by atoms with van der Waals surface area (Å²) in [6.45, 7) is 3.76. The summed E-state index contributed by atoms with van der Waals surface area (Å²) in [5.74, 6) is 0.675. The lowest BCUT2D eigenvalue weighted by Crippen LogP contribution is -2.11. The molecule has 6 aromatic rings. The highest BCUT2D eigenvalue weighted by Gasteiger charge is 2.18. The van der Waals surface area contributed by atoms with Gasteiger partial charge in [-0.05, 0) is 30.3 Å². The highest BCUT2D eigenvalue weighted by atomic mass is 16.3. The summed E-state index contributed by atoms with van der Waals surface area (Å²) in [4.78, 5) is 21.7. The second-order valence-electron chi connectivity index (χ2n) is 8.10. The maximum Gasteiger partial charge on any atom is 0.159 e. The van der Waals surface area contributed by atoms with Crippen LogP contribution in [0.4, 0.5) is 0 Å². The van der Waals surface area contributed by atoms with Crippen molar-refractivity contribution in [2.75, 3.05) is 6.54 Å². The van der Waals surface area contributed by atoms with Crippen molar-refractivity contribution in [3.8, 4) is 33.9 Å². The normalized spacial score (nSPS) is 11.6. The highest BCUT2D eigenvalue weighted by Crippen LogP contribution is 2.32. The minimum atomic E-state index is 0.675. The molecular formula is C25H22N8O. The molecule has 0 fully saturated rings. The van der Waals surface area contributed by atoms with Crippen LogP contribution in [0.3, 0.4) is 0 Å². The molecule has 0 aromatic carbocycles. The largest absolute Gasteiger partial charge is 0.472 e. The van der Waals surface area contributed by atoms with Crippen molar-refractivity contribution in [1.82, 2.24) is 40.0 Å². The Morgan fingerprint density at radius 3 is 2.82 bits per heavy atom. The van der Waals surface area contributed by atoms with Gasteiger partial charge in [-0.15, -0.1) is 0 Å². The summed E-state index contributed by atoms with van der Waals surface area (Å²) in [6.07, 6.45) is 12.5. The predicted molar refractivity (Wildman–Crippen MR) is 130 cm³/mol. The number of pyridine rings is 3. The van der Waals surface area contributed by atoms with Gasteiger partial charge in [-0.2, -0.15) is 5.10 Å². The average Bonchev–Trinajstić information content (AvgIpc) is 3.61. The number of fused-ring (bicyclic) bond motifs is 2. The summed E-state index contributed by atoms with van der Waals surface area (Å²) in [6, 6.07) is 6.06. The lowest BCUT2D eigenvalue weighted by atomic mass is 10.1. The van der Waals surface area contributed by atoms with E-state index in [1.165, 1.54) is 0 Å². The van der Waals surface area contributed by atoms with Crippen LogP contribution in [0.5, 0.6) is 0 Å². The van der Waals surface area contributed by atoms with E-state index in [2.05, 4.69) is 38.2 Å². The molecule has 0 bridgehead atoms. The van der Waals surface area contributed by atoms with E-state index in [0.717, 1.165) is 68.7 Å². The fourth-order valence-electron chi connectivity index (χ4n) is 4.15. The van der Waals surface area contributed by atoms with Crippen LogP contribution in [0, 0.1) is 0 Å². The van der Waals surface area contributed by atoms with Crippen molar-refractivity contribution in [1.29, 1.82) is 0 Å². The van der Waals surface area contributed by atoms with E-state index in [4.69, 9.17) is 14.5 Å². The van der Waals surface area contributed by atoms with Crippen LogP contribution in [-0.4, -0.2) is 41.2 Å². The molecule has 0 amide bonds. The predicted octanol–water partition coefficient (Wildman–Crippen LogP) is 4.34. The number of nitrogens with one attached hydrogen (secondary N) is 2. The Hall–Kier alpha value is -4.37. The number of imidazole rings is 1. The summed E-state index contributed by atoms with van der Waals surface area (Å²) in [5.41, 5.74) is 8.08. The zero-order valence-electron chi connectivity index (χ0n) is 18.8. The molecule has 0 saturated heterocycles. The third-order valence-electron chi connectivity index (χ3n) is 5.86. The van der Waals surface area contributed by atoms with Crippen LogP contribution in [-0.2, 0) is 13.6 Å². The van der Waals surface area contributed by atoms with Crippen LogP contribution in [0.25, 0.3) is 55.8 Å². The molecule has 0 spiro atoms. The molecule has 6 heterocycles. The number of hydrogen-bond donors (Lipinski definition) is 2. The van der Waals surface area contributed by atoms with E-state index in [1.54, 1.807) is 24.9 Å². The van der Waals surface area contributed by atoms with Crippen LogP contribution in [0.15, 0.2) is 66.1 Å². The van der Waals surface area contributed by atoms with Crippen molar-refractivity contribution in [3.05, 3.63) is 67.3 Å². The highest BCUT2D eigenvalue weighted by molar-refractivity contribution is 5.97. The van der Waals surface area contributed by atoms with Gasteiger partial charge in [0.25, 0.3) is 0 Å². The van der Waals surface area contributed by atoms with Gasteiger partial charge in [0.2, 0.25) is 0 Å². The molecular weight excluding hydrogens is 428 g/mol. The molecule has 2 N–H and O–H groups in total. The molecule has 0 aliphatic carbocycles. The molecule has 9 heteroatoms. The third kappa shape index (κ3) is 3.43. The maximum atomic E-state index is 5.26. The van der Waals surface area contributed by atoms with Gasteiger partial charge in [0.1, 0.15) is 11.2 Å². The fourth-order valence-corrected chi connectivity index (χ4v) is 4.15. The molecule has 0 saturated carbocycles. The Morgan fingerprint density at radius 1 is 1.06 bits per heavy atom. The Bertz CT molecular complexity index is 1610. The van der Waals surface area contributed by atoms with E-state index >= 15 is 0 Å². The Morgan fingerprint density at radius 2 is 1.97 bits per heavy atom. The van der Waals surface area contributed by atoms with E-state index in [9.17, 15) is 0 Å². The first-order valence-electron chi connectivity index (χ1n) is 11.1. The van der Waals surface area contributed by atoms with Gasteiger partial charge in [0, 0.05) is 54.3 Å². The number of rotatable bonds is 6. The molecule has 168 valence electrons. The van der Waals surface area contributed by atoms with Crippen molar-refractivity contribution >= 4 is 21.9 Å². The second-order valence-corrected chi connectivity index (χ2v) is 8.10. The Kier molecular flexibility index (Phi) is 4.88. The number of aromatic amines is 1. The van der Waals surface area contributed by atoms with Crippen molar-refractivity contribution in [2.45, 2.75) is 13.5 Å². The average molecular weight is 451 g/mol. The molecule has 6 aromatic heterocycles. The topological polar surface area (TPSA) is 110 Å². The first-order chi connectivity index (χ1) is 16.7. The smallest absolute Gasteiger partial charge is 0.159 e. The van der Waals surface area contributed by atoms with Gasteiger partial charge in [-0.1, -0.05) is 6.92 Å². The van der Waals surface area contributed by atoms with Gasteiger partial charge in [-0.25, -0.2) is 4.98 Å². The molecule has 0 unspecified atom stereocenters. The SMILES string of the molecule is CCNCc1cncc(-c2cc3c(-c4nc5c(-c6ccoc6)cncc5[nH]4)nn(C)c3cn2)c1. The molecule has 0 aliphatic heterocycles. The minimum Gasteiger partial charge on any atom is -0.472 e. The zero-order valence-corrected chi connectivity index (χ0v) is 18.8. The summed E-state index contributed by atoms with van der Waals surface area (Å²) < 4.78 is 7.08. The van der Waals surface area contributed by atoms with E-state index in [0.29, 0.717) is 5.82 Å². The summed E-state index contributed by atoms with van der Waals surface area (Å²) >= 11 is 0. The van der Waals surface area contributed by atoms with Crippen LogP contribution in [0.1, 0.15) is 12.5 Å². The molecule has 6 rings (SSSR count). The van der Waals surface area contributed by atoms with Crippen molar-refractivity contribution < 1.29 is 4.42 Å². The molecule has 34 heavy (non-hydrogen) atoms. The molecule has 0 atom stereocenters. The van der Waals surface area contributed by atoms with Gasteiger partial charge >= 0.3 is 0 Å². The van der Waals surface area contributed by atoms with Gasteiger partial charge in [0.05, 0.1) is 41.6 Å². The minimum absolute atomic E-state index is 0.675. The number of H-pyrrole nitrogens is 1. The quantitative estimate of drug-likeness (QED) is 0.388. The number of aryl methyl sites for hydroxylation is 1. The van der Waals surface area contributed by atoms with Crippen molar-refractivity contribution in [3.63, 3.8) is 0 Å². The lowest BCUT2D eigenvalue weighted by Gasteiger charge is -2.05. The van der Waals surface area contributed by atoms with E-state index in [1.807, 2.05) is 42.5 Å². The third-order valence-corrected chi connectivity index (χ3v) is 5.86. The summed E-state index contributed by atoms with van der Waals surface area (Å²) in [7, 11) is 1.91. The van der Waals surface area contributed by atoms with Crippen LogP contribution in [0.2, 0.25) is 0 Å². The van der Waals surface area contributed by atoms with Gasteiger partial charge in [0.15, 0.2) is 5.82 Å². The van der Waals surface area contributed by atoms with Crippen molar-refractivity contribution in [2.24, 2.45) is 7.05 Å². The first-order valence-corrected chi connectivity index (χ1v) is 11.1. The number of nitrogens with zero attached hydrogens (tertiary/aromatic N) is 6. The van der Waals surface area contributed by atoms with E-state index in [-0.39, 0.29) is 0 Å². The Balaban J connectivity index is 1.47.